The van der Waals surface area contributed by atoms with Crippen LogP contribution in [0.3, 0.4) is 0 Å². The molecule has 2 N–H and O–H groups in total. The van der Waals surface area contributed by atoms with Gasteiger partial charge < -0.3 is 10.4 Å². The number of sulfone groups is 1. The summed E-state index contributed by atoms with van der Waals surface area (Å²) < 4.78 is 61.4. The van der Waals surface area contributed by atoms with Gasteiger partial charge in [-0.05, 0) is 35.1 Å². The number of amides is 1. The van der Waals surface area contributed by atoms with Crippen molar-refractivity contribution in [3.05, 3.63) is 52.0 Å². The minimum Gasteiger partial charge on any atom is -0.507 e. The molecule has 1 amide bonds. The van der Waals surface area contributed by atoms with Gasteiger partial charge in [0.05, 0.1) is 21.2 Å². The van der Waals surface area contributed by atoms with E-state index in [9.17, 15) is 31.5 Å². The Hall–Kier alpha value is -2.26. The molecule has 2 aromatic carbocycles. The minimum atomic E-state index is -5.58. The molecule has 0 spiro atoms. The number of phenolic OH excluding ortho intramolecular Hbond substituents is 1. The van der Waals surface area contributed by atoms with Crippen molar-refractivity contribution in [2.24, 2.45) is 0 Å². The predicted octanol–water partition coefficient (Wildman–Crippen LogP) is 6.01. The third-order valence-corrected chi connectivity index (χ3v) is 6.47. The molecule has 10 heteroatoms. The molecule has 5 nitrogen and oxygen atoms in total. The largest absolute Gasteiger partial charge is 0.507 e. The Morgan fingerprint density at radius 1 is 1.10 bits per heavy atom. The van der Waals surface area contributed by atoms with Crippen molar-refractivity contribution in [3.63, 3.8) is 0 Å². The van der Waals surface area contributed by atoms with Crippen LogP contribution in [0.1, 0.15) is 62.0 Å². The maximum Gasteiger partial charge on any atom is 0.501 e. The fraction of sp³-hybridized carbons (Fsp3) is 0.381. The highest BCUT2D eigenvalue weighted by Gasteiger charge is 2.47. The molecule has 2 rings (SSSR count). The second kappa shape index (κ2) is 8.35. The van der Waals surface area contributed by atoms with E-state index < -0.39 is 36.6 Å². The van der Waals surface area contributed by atoms with Gasteiger partial charge in [0.25, 0.3) is 15.7 Å². The lowest BCUT2D eigenvalue weighted by Gasteiger charge is -2.24. The lowest BCUT2D eigenvalue weighted by Crippen LogP contribution is -2.23. The van der Waals surface area contributed by atoms with E-state index in [1.807, 2.05) is 34.6 Å². The number of nitrogens with one attached hydrogen (secondary N) is 1. The minimum absolute atomic E-state index is 0.0190. The molecule has 0 unspecified atom stereocenters. The number of rotatable bonds is 4. The summed E-state index contributed by atoms with van der Waals surface area (Å²) in [5, 5.41) is 12.9. The first-order valence-electron chi connectivity index (χ1n) is 9.27. The van der Waals surface area contributed by atoms with Crippen molar-refractivity contribution in [2.75, 3.05) is 5.32 Å². The molecule has 0 saturated heterocycles. The number of alkyl halides is 3. The number of aromatic hydroxyl groups is 1. The highest BCUT2D eigenvalue weighted by molar-refractivity contribution is 7.92. The maximum atomic E-state index is 13.0. The number of carbonyl (C=O) groups is 1. The molecule has 0 atom stereocenters. The first-order valence-corrected chi connectivity index (χ1v) is 11.1. The van der Waals surface area contributed by atoms with Crippen molar-refractivity contribution < 1.29 is 31.5 Å². The lowest BCUT2D eigenvalue weighted by molar-refractivity contribution is -0.0436. The number of anilines is 1. The van der Waals surface area contributed by atoms with Crippen molar-refractivity contribution >= 4 is 33.0 Å². The molecule has 2 aromatic rings. The van der Waals surface area contributed by atoms with Crippen LogP contribution in [-0.4, -0.2) is 24.9 Å². The molecule has 0 aliphatic carbocycles. The maximum absolute atomic E-state index is 13.0. The average molecular weight is 478 g/mol. The zero-order valence-electron chi connectivity index (χ0n) is 17.6. The first kappa shape index (κ1) is 25.0. The van der Waals surface area contributed by atoms with Crippen molar-refractivity contribution in [1.29, 1.82) is 0 Å². The average Bonchev–Trinajstić information content (AvgIpc) is 2.60. The number of hydrogen-bond acceptors (Lipinski definition) is 4. The monoisotopic (exact) mass is 477 g/mol. The van der Waals surface area contributed by atoms with E-state index in [4.69, 9.17) is 11.6 Å². The Bertz CT molecular complexity index is 1120. The fourth-order valence-corrected chi connectivity index (χ4v) is 4.09. The van der Waals surface area contributed by atoms with Crippen LogP contribution >= 0.6 is 11.6 Å². The smallest absolute Gasteiger partial charge is 0.501 e. The molecule has 0 fully saturated rings. The van der Waals surface area contributed by atoms with Gasteiger partial charge in [0.1, 0.15) is 5.75 Å². The Morgan fingerprint density at radius 2 is 1.68 bits per heavy atom. The van der Waals surface area contributed by atoms with Crippen LogP contribution in [0.5, 0.6) is 5.75 Å². The molecule has 0 aromatic heterocycles. The third-order valence-electron chi connectivity index (χ3n) is 4.67. The van der Waals surface area contributed by atoms with E-state index in [0.29, 0.717) is 23.3 Å². The zero-order valence-corrected chi connectivity index (χ0v) is 19.1. The van der Waals surface area contributed by atoms with Crippen LogP contribution in [0, 0.1) is 0 Å². The van der Waals surface area contributed by atoms with Crippen LogP contribution in [0.15, 0.2) is 35.2 Å². The highest BCUT2D eigenvalue weighted by Crippen LogP contribution is 2.38. The van der Waals surface area contributed by atoms with Gasteiger partial charge in [-0.2, -0.15) is 13.2 Å². The van der Waals surface area contributed by atoms with Gasteiger partial charge in [0.15, 0.2) is 0 Å². The Balaban J connectivity index is 2.51. The van der Waals surface area contributed by atoms with Gasteiger partial charge in [0, 0.05) is 5.56 Å². The van der Waals surface area contributed by atoms with Gasteiger partial charge in [-0.15, -0.1) is 0 Å². The summed E-state index contributed by atoms with van der Waals surface area (Å²) >= 11 is 5.95. The molecule has 0 heterocycles. The van der Waals surface area contributed by atoms with Gasteiger partial charge in [-0.1, -0.05) is 58.4 Å². The predicted molar refractivity (Wildman–Crippen MR) is 114 cm³/mol. The SMILES string of the molecule is CC(C)c1ccc(C(C)(C)C)c(O)c1C(=O)Nc1ccc(S(=O)(=O)C(F)(F)F)cc1Cl. The molecule has 170 valence electrons. The van der Waals surface area contributed by atoms with E-state index in [1.54, 1.807) is 12.1 Å². The first-order chi connectivity index (χ1) is 14.0. The van der Waals surface area contributed by atoms with E-state index in [1.165, 1.54) is 0 Å². The second-order valence-corrected chi connectivity index (χ2v) is 10.7. The molecule has 31 heavy (non-hydrogen) atoms. The normalized spacial score (nSPS) is 12.8. The van der Waals surface area contributed by atoms with Crippen LogP contribution in [-0.2, 0) is 15.3 Å². The fourth-order valence-electron chi connectivity index (χ4n) is 3.01. The number of hydrogen-bond donors (Lipinski definition) is 2. The highest BCUT2D eigenvalue weighted by atomic mass is 35.5. The molecule has 0 bridgehead atoms. The summed E-state index contributed by atoms with van der Waals surface area (Å²) in [5.41, 5.74) is -4.91. The van der Waals surface area contributed by atoms with Crippen LogP contribution in [0.25, 0.3) is 0 Å². The molecule has 0 aliphatic heterocycles. The van der Waals surface area contributed by atoms with Crippen LogP contribution in [0.4, 0.5) is 18.9 Å². The van der Waals surface area contributed by atoms with E-state index in [0.717, 1.165) is 6.07 Å². The number of phenols is 1. The summed E-state index contributed by atoms with van der Waals surface area (Å²) in [6.07, 6.45) is 0. The third kappa shape index (κ3) is 4.98. The standard InChI is InChI=1S/C21H23ClF3NO4S/c1-11(2)13-7-8-14(20(3,4)5)18(27)17(13)19(28)26-16-9-6-12(10-15(16)22)31(29,30)21(23,24)25/h6-11,27H,1-5H3,(H,26,28). The van der Waals surface area contributed by atoms with E-state index in [-0.39, 0.29) is 22.9 Å². The van der Waals surface area contributed by atoms with Crippen LogP contribution < -0.4 is 5.32 Å². The van der Waals surface area contributed by atoms with Crippen molar-refractivity contribution in [1.82, 2.24) is 0 Å². The molecular weight excluding hydrogens is 455 g/mol. The Kier molecular flexibility index (Phi) is 6.73. The van der Waals surface area contributed by atoms with E-state index >= 15 is 0 Å². The van der Waals surface area contributed by atoms with Crippen molar-refractivity contribution in [3.8, 4) is 5.75 Å². The molecule has 0 saturated carbocycles. The summed E-state index contributed by atoms with van der Waals surface area (Å²) in [6, 6.07) is 5.78. The summed E-state index contributed by atoms with van der Waals surface area (Å²) in [7, 11) is -5.58. The van der Waals surface area contributed by atoms with E-state index in [2.05, 4.69) is 5.32 Å². The van der Waals surface area contributed by atoms with Crippen molar-refractivity contribution in [2.45, 2.75) is 56.4 Å². The van der Waals surface area contributed by atoms with Crippen LogP contribution in [0.2, 0.25) is 5.02 Å². The van der Waals surface area contributed by atoms with Gasteiger partial charge in [-0.3, -0.25) is 4.79 Å². The number of benzene rings is 2. The summed E-state index contributed by atoms with van der Waals surface area (Å²) in [4.78, 5) is 12.0. The van der Waals surface area contributed by atoms with Gasteiger partial charge in [0.2, 0.25) is 0 Å². The number of carbonyl (C=O) groups excluding carboxylic acids is 1. The Morgan fingerprint density at radius 3 is 2.13 bits per heavy atom. The summed E-state index contributed by atoms with van der Waals surface area (Å²) in [6.45, 7) is 9.29. The topological polar surface area (TPSA) is 83.5 Å². The quantitative estimate of drug-likeness (QED) is 0.564. The molecular formula is C21H23ClF3NO4S. The number of halogens is 4. The van der Waals surface area contributed by atoms with Gasteiger partial charge >= 0.3 is 5.51 Å². The lowest BCUT2D eigenvalue weighted by atomic mass is 9.82. The van der Waals surface area contributed by atoms with Gasteiger partial charge in [-0.25, -0.2) is 8.42 Å². The second-order valence-electron chi connectivity index (χ2n) is 8.38. The molecule has 0 aliphatic rings. The summed E-state index contributed by atoms with van der Waals surface area (Å²) in [5.74, 6) is -1.04. The zero-order chi connectivity index (χ0) is 23.9. The molecule has 0 radical (unpaired) electrons. The Labute approximate surface area is 184 Å².